The molecular weight excluding hydrogens is 228 g/mol. The van der Waals surface area contributed by atoms with Crippen LogP contribution in [0, 0.1) is 0 Å². The number of nitrogens with zero attached hydrogens (tertiary/aromatic N) is 1. The quantitative estimate of drug-likeness (QED) is 0.601. The molecular formula is C14H18N2O2. The van der Waals surface area contributed by atoms with Gasteiger partial charge in [-0.05, 0) is 18.5 Å². The van der Waals surface area contributed by atoms with Crippen LogP contribution in [-0.2, 0) is 16.1 Å². The van der Waals surface area contributed by atoms with Gasteiger partial charge >= 0.3 is 0 Å². The third kappa shape index (κ3) is 3.67. The molecule has 1 aromatic rings. The van der Waals surface area contributed by atoms with Crippen molar-refractivity contribution in [3.8, 4) is 0 Å². The van der Waals surface area contributed by atoms with Crippen molar-refractivity contribution >= 4 is 11.7 Å². The highest BCUT2D eigenvalue weighted by atomic mass is 16.2. The lowest BCUT2D eigenvalue weighted by molar-refractivity contribution is -0.127. The average Bonchev–Trinajstić information content (AvgIpc) is 2.69. The molecule has 1 aliphatic rings. The molecule has 18 heavy (non-hydrogen) atoms. The van der Waals surface area contributed by atoms with Crippen LogP contribution in [0.4, 0.5) is 0 Å². The summed E-state index contributed by atoms with van der Waals surface area (Å²) in [4.78, 5) is 24.1. The van der Waals surface area contributed by atoms with Gasteiger partial charge < -0.3 is 10.2 Å². The van der Waals surface area contributed by atoms with Crippen LogP contribution in [0.5, 0.6) is 0 Å². The van der Waals surface area contributed by atoms with Gasteiger partial charge in [0.05, 0.1) is 13.0 Å². The lowest BCUT2D eigenvalue weighted by atomic mass is 10.2. The molecule has 1 aliphatic heterocycles. The maximum Gasteiger partial charge on any atom is 0.230 e. The van der Waals surface area contributed by atoms with Gasteiger partial charge in [0.1, 0.15) is 0 Å². The minimum Gasteiger partial charge on any atom is -0.335 e. The molecule has 0 unspecified atom stereocenters. The van der Waals surface area contributed by atoms with Gasteiger partial charge in [-0.25, -0.2) is 0 Å². The van der Waals surface area contributed by atoms with Crippen molar-refractivity contribution in [1.82, 2.24) is 10.2 Å². The van der Waals surface area contributed by atoms with E-state index in [1.54, 1.807) is 4.90 Å². The Morgan fingerprint density at radius 3 is 2.61 bits per heavy atom. The molecule has 4 heteroatoms. The summed E-state index contributed by atoms with van der Waals surface area (Å²) in [7, 11) is 0. The number of rotatable bonds is 6. The zero-order chi connectivity index (χ0) is 12.8. The fraction of sp³-hybridized carbons (Fsp3) is 0.429. The topological polar surface area (TPSA) is 49.4 Å². The first-order valence-corrected chi connectivity index (χ1v) is 6.30. The molecule has 1 N–H and O–H groups in total. The van der Waals surface area contributed by atoms with Crippen molar-refractivity contribution in [2.45, 2.75) is 19.4 Å². The predicted molar refractivity (Wildman–Crippen MR) is 69.0 cm³/mol. The molecule has 0 atom stereocenters. The highest BCUT2D eigenvalue weighted by Crippen LogP contribution is 2.06. The van der Waals surface area contributed by atoms with E-state index in [1.807, 2.05) is 18.2 Å². The Morgan fingerprint density at radius 2 is 1.94 bits per heavy atom. The third-order valence-electron chi connectivity index (χ3n) is 3.02. The van der Waals surface area contributed by atoms with Crippen molar-refractivity contribution in [1.29, 1.82) is 0 Å². The summed E-state index contributed by atoms with van der Waals surface area (Å²) in [6.45, 7) is 2.67. The van der Waals surface area contributed by atoms with E-state index in [0.717, 1.165) is 19.5 Å². The number of carbonyl (C=O) groups is 2. The Labute approximate surface area is 107 Å². The maximum absolute atomic E-state index is 11.4. The second-order valence-electron chi connectivity index (χ2n) is 4.55. The minimum absolute atomic E-state index is 0.0249. The maximum atomic E-state index is 11.4. The lowest BCUT2D eigenvalue weighted by Crippen LogP contribution is -2.28. The van der Waals surface area contributed by atoms with Crippen LogP contribution in [-0.4, -0.2) is 36.2 Å². The highest BCUT2D eigenvalue weighted by Gasteiger charge is 2.26. The lowest BCUT2D eigenvalue weighted by Gasteiger charge is -2.14. The number of nitrogens with one attached hydrogen (secondary N) is 1. The molecule has 0 radical (unpaired) electrons. The van der Waals surface area contributed by atoms with Gasteiger partial charge in [0.15, 0.2) is 5.78 Å². The molecule has 1 aromatic carbocycles. The van der Waals surface area contributed by atoms with Gasteiger partial charge in [-0.3, -0.25) is 9.59 Å². The van der Waals surface area contributed by atoms with Crippen molar-refractivity contribution in [3.63, 3.8) is 0 Å². The Hall–Kier alpha value is -1.68. The predicted octanol–water partition coefficient (Wildman–Crippen LogP) is 0.968. The number of ketones is 1. The first kappa shape index (κ1) is 12.8. The summed E-state index contributed by atoms with van der Waals surface area (Å²) >= 11 is 0. The van der Waals surface area contributed by atoms with Crippen molar-refractivity contribution in [2.24, 2.45) is 0 Å². The number of amides is 1. The Balaban J connectivity index is 1.59. The number of likely N-dealkylation sites (tertiary alicyclic amines) is 1. The molecule has 4 nitrogen and oxygen atoms in total. The standard InChI is InChI=1S/C14H18N2O2/c17-13-9-14(18)16(11-13)8-4-7-15-10-12-5-2-1-3-6-12/h1-3,5-6,15H,4,7-11H2. The van der Waals surface area contributed by atoms with E-state index in [-0.39, 0.29) is 18.1 Å². The molecule has 1 amide bonds. The van der Waals surface area contributed by atoms with Gasteiger partial charge in [-0.2, -0.15) is 0 Å². The van der Waals surface area contributed by atoms with E-state index >= 15 is 0 Å². The summed E-state index contributed by atoms with van der Waals surface area (Å²) in [6, 6.07) is 10.2. The smallest absolute Gasteiger partial charge is 0.230 e. The monoisotopic (exact) mass is 246 g/mol. The Kier molecular flexibility index (Phi) is 4.47. The van der Waals surface area contributed by atoms with E-state index in [9.17, 15) is 9.59 Å². The van der Waals surface area contributed by atoms with Crippen LogP contribution < -0.4 is 5.32 Å². The molecule has 96 valence electrons. The van der Waals surface area contributed by atoms with Crippen molar-refractivity contribution in [3.05, 3.63) is 35.9 Å². The summed E-state index contributed by atoms with van der Waals surface area (Å²) < 4.78 is 0. The molecule has 0 spiro atoms. The molecule has 1 heterocycles. The first-order chi connectivity index (χ1) is 8.75. The molecule has 2 rings (SSSR count). The molecule has 0 aliphatic carbocycles. The average molecular weight is 246 g/mol. The SMILES string of the molecule is O=C1CC(=O)N(CCCNCc2ccccc2)C1. The molecule has 0 aromatic heterocycles. The van der Waals surface area contributed by atoms with Crippen molar-refractivity contribution < 1.29 is 9.59 Å². The Bertz CT molecular complexity index is 417. The van der Waals surface area contributed by atoms with Gasteiger partial charge in [-0.15, -0.1) is 0 Å². The van der Waals surface area contributed by atoms with E-state index < -0.39 is 0 Å². The van der Waals surface area contributed by atoms with Crippen LogP contribution in [0.3, 0.4) is 0 Å². The van der Waals surface area contributed by atoms with Gasteiger partial charge in [0.25, 0.3) is 0 Å². The normalized spacial score (nSPS) is 15.4. The first-order valence-electron chi connectivity index (χ1n) is 6.30. The molecule has 1 fully saturated rings. The van der Waals surface area contributed by atoms with Gasteiger partial charge in [0, 0.05) is 13.1 Å². The van der Waals surface area contributed by atoms with Gasteiger partial charge in [-0.1, -0.05) is 30.3 Å². The van der Waals surface area contributed by atoms with E-state index in [1.165, 1.54) is 5.56 Å². The van der Waals surface area contributed by atoms with E-state index in [0.29, 0.717) is 13.1 Å². The zero-order valence-electron chi connectivity index (χ0n) is 10.4. The molecule has 0 saturated carbocycles. The number of carbonyl (C=O) groups excluding carboxylic acids is 2. The largest absolute Gasteiger partial charge is 0.335 e. The zero-order valence-corrected chi connectivity index (χ0v) is 10.4. The Morgan fingerprint density at radius 1 is 1.17 bits per heavy atom. The summed E-state index contributed by atoms with van der Waals surface area (Å²) in [5, 5.41) is 3.33. The fourth-order valence-electron chi connectivity index (χ4n) is 2.06. The summed E-state index contributed by atoms with van der Waals surface area (Å²) in [6.07, 6.45) is 0.975. The number of hydrogen-bond donors (Lipinski definition) is 1. The summed E-state index contributed by atoms with van der Waals surface area (Å²) in [5.74, 6) is 0.0142. The third-order valence-corrected chi connectivity index (χ3v) is 3.02. The van der Waals surface area contributed by atoms with E-state index in [2.05, 4.69) is 17.4 Å². The van der Waals surface area contributed by atoms with Gasteiger partial charge in [0.2, 0.25) is 5.91 Å². The van der Waals surface area contributed by atoms with Crippen LogP contribution in [0.1, 0.15) is 18.4 Å². The number of Topliss-reactive ketones (excluding diaryl/α,β-unsaturated/α-hetero) is 1. The molecule has 0 bridgehead atoms. The van der Waals surface area contributed by atoms with E-state index in [4.69, 9.17) is 0 Å². The number of benzene rings is 1. The van der Waals surface area contributed by atoms with Crippen LogP contribution >= 0.6 is 0 Å². The summed E-state index contributed by atoms with van der Waals surface area (Å²) in [5.41, 5.74) is 1.25. The number of hydrogen-bond acceptors (Lipinski definition) is 3. The fourth-order valence-corrected chi connectivity index (χ4v) is 2.06. The second kappa shape index (κ2) is 6.31. The van der Waals surface area contributed by atoms with Crippen molar-refractivity contribution in [2.75, 3.05) is 19.6 Å². The van der Waals surface area contributed by atoms with Crippen LogP contribution in [0.2, 0.25) is 0 Å². The highest BCUT2D eigenvalue weighted by molar-refractivity contribution is 6.05. The second-order valence-corrected chi connectivity index (χ2v) is 4.55. The minimum atomic E-state index is -0.0249. The molecule has 1 saturated heterocycles. The van der Waals surface area contributed by atoms with Crippen LogP contribution in [0.15, 0.2) is 30.3 Å². The van der Waals surface area contributed by atoms with Crippen LogP contribution in [0.25, 0.3) is 0 Å².